The van der Waals surface area contributed by atoms with Gasteiger partial charge in [0.15, 0.2) is 0 Å². The molecule has 1 saturated heterocycles. The predicted octanol–water partition coefficient (Wildman–Crippen LogP) is 1.55. The summed E-state index contributed by atoms with van der Waals surface area (Å²) in [6.07, 6.45) is 5.28. The van der Waals surface area contributed by atoms with E-state index in [1.807, 2.05) is 0 Å². The van der Waals surface area contributed by atoms with E-state index in [1.54, 1.807) is 13.0 Å². The number of carbonyl (C=O) groups is 1. The Morgan fingerprint density at radius 1 is 1.42 bits per heavy atom. The molecular formula is C15H18O4. The van der Waals surface area contributed by atoms with E-state index in [4.69, 9.17) is 9.47 Å². The summed E-state index contributed by atoms with van der Waals surface area (Å²) in [5.41, 5.74) is 1.61. The summed E-state index contributed by atoms with van der Waals surface area (Å²) in [7, 11) is 0. The van der Waals surface area contributed by atoms with Crippen molar-refractivity contribution in [3.05, 3.63) is 23.3 Å². The van der Waals surface area contributed by atoms with E-state index in [0.29, 0.717) is 24.0 Å². The van der Waals surface area contributed by atoms with E-state index in [-0.39, 0.29) is 11.4 Å². The van der Waals surface area contributed by atoms with Crippen molar-refractivity contribution in [2.75, 3.05) is 6.61 Å². The number of ether oxygens (including phenoxy) is 2. The number of aliphatic hydroxyl groups is 1. The van der Waals surface area contributed by atoms with Gasteiger partial charge in [-0.25, -0.2) is 4.79 Å². The van der Waals surface area contributed by atoms with Crippen LogP contribution in [0.4, 0.5) is 0 Å². The molecule has 0 radical (unpaired) electrons. The minimum atomic E-state index is -1.23. The van der Waals surface area contributed by atoms with Crippen molar-refractivity contribution in [1.82, 2.24) is 0 Å². The number of aliphatic hydroxyl groups excluding tert-OH is 1. The number of hydrogen-bond acceptors (Lipinski definition) is 4. The SMILES string of the molecule is CC1=C[C@@]2(OCC3(C4CC=C(C)[C@@H]3C4)[C@@H]2O)OC1=O. The lowest BCUT2D eigenvalue weighted by Crippen LogP contribution is -2.61. The van der Waals surface area contributed by atoms with Gasteiger partial charge in [0.05, 0.1) is 6.61 Å². The highest BCUT2D eigenvalue weighted by Crippen LogP contribution is 2.66. The largest absolute Gasteiger partial charge is 0.423 e. The summed E-state index contributed by atoms with van der Waals surface area (Å²) < 4.78 is 11.1. The molecule has 0 aromatic heterocycles. The third-order valence-corrected chi connectivity index (χ3v) is 5.63. The van der Waals surface area contributed by atoms with Crippen LogP contribution in [0.15, 0.2) is 23.3 Å². The highest BCUT2D eigenvalue weighted by Gasteiger charge is 2.71. The normalized spacial score (nSPS) is 51.1. The van der Waals surface area contributed by atoms with E-state index in [2.05, 4.69) is 13.0 Å². The molecule has 102 valence electrons. The molecule has 2 aliphatic carbocycles. The molecule has 0 aromatic carbocycles. The van der Waals surface area contributed by atoms with E-state index >= 15 is 0 Å². The van der Waals surface area contributed by atoms with Crippen molar-refractivity contribution in [3.63, 3.8) is 0 Å². The fourth-order valence-corrected chi connectivity index (χ4v) is 4.47. The summed E-state index contributed by atoms with van der Waals surface area (Å²) in [4.78, 5) is 11.6. The van der Waals surface area contributed by atoms with Crippen LogP contribution in [0.2, 0.25) is 0 Å². The van der Waals surface area contributed by atoms with Crippen molar-refractivity contribution in [3.8, 4) is 0 Å². The van der Waals surface area contributed by atoms with Gasteiger partial charge in [-0.3, -0.25) is 0 Å². The van der Waals surface area contributed by atoms with Gasteiger partial charge in [0.1, 0.15) is 6.10 Å². The second-order valence-electron chi connectivity index (χ2n) is 6.41. The standard InChI is InChI=1S/C15H18O4/c1-8-3-4-10-5-11(8)14(10)7-18-15(13(14)17)6-9(2)12(16)19-15/h3,6,10-11,13,17H,4-5,7H2,1-2H3/t10?,11-,13-,14?,15+/m0/s1. The van der Waals surface area contributed by atoms with Gasteiger partial charge in [-0.15, -0.1) is 0 Å². The van der Waals surface area contributed by atoms with Gasteiger partial charge < -0.3 is 14.6 Å². The smallest absolute Gasteiger partial charge is 0.336 e. The molecule has 2 fully saturated rings. The third kappa shape index (κ3) is 1.15. The molecule has 19 heavy (non-hydrogen) atoms. The molecule has 0 aromatic rings. The molecule has 2 heterocycles. The van der Waals surface area contributed by atoms with Gasteiger partial charge >= 0.3 is 5.97 Å². The van der Waals surface area contributed by atoms with Crippen LogP contribution in [0.3, 0.4) is 0 Å². The Morgan fingerprint density at radius 2 is 2.21 bits per heavy atom. The number of hydrogen-bond donors (Lipinski definition) is 1. The van der Waals surface area contributed by atoms with E-state index < -0.39 is 11.9 Å². The first kappa shape index (κ1) is 11.7. The Bertz CT molecular complexity index is 534. The van der Waals surface area contributed by atoms with Crippen molar-refractivity contribution in [2.45, 2.75) is 38.6 Å². The molecule has 0 amide bonds. The third-order valence-electron chi connectivity index (χ3n) is 5.63. The minimum absolute atomic E-state index is 0.250. The van der Waals surface area contributed by atoms with Crippen molar-refractivity contribution in [2.24, 2.45) is 17.3 Å². The van der Waals surface area contributed by atoms with Crippen LogP contribution in [0, 0.1) is 17.3 Å². The van der Waals surface area contributed by atoms with Gasteiger partial charge in [0, 0.05) is 11.0 Å². The molecule has 2 bridgehead atoms. The Balaban J connectivity index is 1.73. The maximum Gasteiger partial charge on any atom is 0.336 e. The first-order chi connectivity index (χ1) is 8.99. The number of rotatable bonds is 0. The minimum Gasteiger partial charge on any atom is -0.423 e. The van der Waals surface area contributed by atoms with E-state index in [1.165, 1.54) is 5.57 Å². The van der Waals surface area contributed by atoms with Gasteiger partial charge in [-0.1, -0.05) is 11.6 Å². The molecule has 2 unspecified atom stereocenters. The highest BCUT2D eigenvalue weighted by atomic mass is 16.7. The van der Waals surface area contributed by atoms with Gasteiger partial charge in [0.2, 0.25) is 0 Å². The molecule has 5 atom stereocenters. The quantitative estimate of drug-likeness (QED) is 0.531. The van der Waals surface area contributed by atoms with Crippen LogP contribution in [0.1, 0.15) is 26.7 Å². The number of allylic oxidation sites excluding steroid dienone is 2. The van der Waals surface area contributed by atoms with Crippen LogP contribution >= 0.6 is 0 Å². The van der Waals surface area contributed by atoms with Crippen molar-refractivity contribution >= 4 is 5.97 Å². The van der Waals surface area contributed by atoms with Gasteiger partial charge in [0.25, 0.3) is 5.79 Å². The number of esters is 1. The lowest BCUT2D eigenvalue weighted by Gasteiger charge is -2.58. The van der Waals surface area contributed by atoms with Crippen LogP contribution < -0.4 is 0 Å². The number of carbonyl (C=O) groups excluding carboxylic acids is 1. The van der Waals surface area contributed by atoms with E-state index in [0.717, 1.165) is 12.8 Å². The zero-order valence-corrected chi connectivity index (χ0v) is 11.2. The summed E-state index contributed by atoms with van der Waals surface area (Å²) in [5.74, 6) is -0.791. The van der Waals surface area contributed by atoms with Crippen molar-refractivity contribution < 1.29 is 19.4 Å². The highest BCUT2D eigenvalue weighted by molar-refractivity contribution is 5.90. The summed E-state index contributed by atoms with van der Waals surface area (Å²) in [6, 6.07) is 0. The van der Waals surface area contributed by atoms with Crippen LogP contribution in [-0.4, -0.2) is 29.6 Å². The zero-order chi connectivity index (χ0) is 13.4. The second-order valence-corrected chi connectivity index (χ2v) is 6.41. The van der Waals surface area contributed by atoms with Gasteiger partial charge in [-0.05, 0) is 44.6 Å². The summed E-state index contributed by atoms with van der Waals surface area (Å²) in [5, 5.41) is 10.8. The second kappa shape index (κ2) is 3.30. The Labute approximate surface area is 112 Å². The topological polar surface area (TPSA) is 55.8 Å². The first-order valence-corrected chi connectivity index (χ1v) is 6.91. The average molecular weight is 262 g/mol. The summed E-state index contributed by atoms with van der Waals surface area (Å²) >= 11 is 0. The zero-order valence-electron chi connectivity index (χ0n) is 11.2. The average Bonchev–Trinajstić information content (AvgIpc) is 2.80. The molecule has 4 aliphatic rings. The summed E-state index contributed by atoms with van der Waals surface area (Å²) in [6.45, 7) is 4.30. The molecule has 1 N–H and O–H groups in total. The molecule has 1 saturated carbocycles. The lowest BCUT2D eigenvalue weighted by atomic mass is 9.45. The Kier molecular flexibility index (Phi) is 2.03. The van der Waals surface area contributed by atoms with E-state index in [9.17, 15) is 9.90 Å². The maximum absolute atomic E-state index is 11.6. The van der Waals surface area contributed by atoms with Crippen LogP contribution in [0.5, 0.6) is 0 Å². The molecule has 2 aliphatic heterocycles. The molecule has 4 heteroatoms. The lowest BCUT2D eigenvalue weighted by molar-refractivity contribution is -0.212. The molecular weight excluding hydrogens is 244 g/mol. The molecule has 4 rings (SSSR count). The maximum atomic E-state index is 11.6. The Hall–Kier alpha value is -1.13. The van der Waals surface area contributed by atoms with Crippen molar-refractivity contribution in [1.29, 1.82) is 0 Å². The fraction of sp³-hybridized carbons (Fsp3) is 0.667. The van der Waals surface area contributed by atoms with Crippen LogP contribution in [0.25, 0.3) is 0 Å². The monoisotopic (exact) mass is 262 g/mol. The van der Waals surface area contributed by atoms with Crippen LogP contribution in [-0.2, 0) is 14.3 Å². The Morgan fingerprint density at radius 3 is 2.79 bits per heavy atom. The first-order valence-electron chi connectivity index (χ1n) is 6.91. The fourth-order valence-electron chi connectivity index (χ4n) is 4.47. The van der Waals surface area contributed by atoms with Gasteiger partial charge in [-0.2, -0.15) is 0 Å². The molecule has 4 nitrogen and oxygen atoms in total. The predicted molar refractivity (Wildman–Crippen MR) is 66.9 cm³/mol. The molecule has 2 spiro atoms.